The number of hydrogen-bond donors (Lipinski definition) is 0. The molecule has 2 aromatic rings. The minimum atomic E-state index is 0.0388. The molecule has 0 N–H and O–H groups in total. The van der Waals surface area contributed by atoms with E-state index in [1.165, 1.54) is 16.7 Å². The maximum atomic E-state index is 5.98. The van der Waals surface area contributed by atoms with Crippen LogP contribution in [0, 0.1) is 6.92 Å². The van der Waals surface area contributed by atoms with Gasteiger partial charge < -0.3 is 4.74 Å². The summed E-state index contributed by atoms with van der Waals surface area (Å²) in [5.74, 6) is 1.01. The van der Waals surface area contributed by atoms with Crippen LogP contribution in [0.3, 0.4) is 0 Å². The van der Waals surface area contributed by atoms with Crippen LogP contribution in [0.1, 0.15) is 50.4 Å². The lowest BCUT2D eigenvalue weighted by Crippen LogP contribution is -2.24. The third kappa shape index (κ3) is 1.89. The van der Waals surface area contributed by atoms with E-state index in [1.807, 2.05) is 13.8 Å². The molecular weight excluding hydrogens is 258 g/mol. The molecule has 1 heterocycles. The van der Waals surface area contributed by atoms with E-state index >= 15 is 0 Å². The summed E-state index contributed by atoms with van der Waals surface area (Å²) in [6, 6.07) is 10.8. The van der Waals surface area contributed by atoms with Gasteiger partial charge in [-0.1, -0.05) is 38.1 Å². The van der Waals surface area contributed by atoms with Crippen molar-refractivity contribution in [2.45, 2.75) is 46.0 Å². The van der Waals surface area contributed by atoms with E-state index in [2.05, 4.69) is 44.2 Å². The number of aromatic nitrogens is 1. The van der Waals surface area contributed by atoms with Gasteiger partial charge in [-0.05, 0) is 32.3 Å². The van der Waals surface area contributed by atoms with Gasteiger partial charge >= 0.3 is 0 Å². The van der Waals surface area contributed by atoms with Crippen molar-refractivity contribution in [3.63, 3.8) is 0 Å². The van der Waals surface area contributed by atoms with Gasteiger partial charge in [0.15, 0.2) is 0 Å². The molecule has 0 saturated heterocycles. The number of nitrogens with zero attached hydrogens (tertiary/aromatic N) is 1. The molecule has 1 aliphatic rings. The number of aryl methyl sites for hydroxylation is 1. The van der Waals surface area contributed by atoms with Crippen LogP contribution < -0.4 is 4.74 Å². The number of ether oxygens (including phenoxy) is 1. The third-order valence-corrected chi connectivity index (χ3v) is 4.79. The van der Waals surface area contributed by atoms with Crippen molar-refractivity contribution in [3.8, 4) is 17.0 Å². The van der Waals surface area contributed by atoms with Crippen molar-refractivity contribution >= 4 is 0 Å². The molecule has 0 unspecified atom stereocenters. The molecular formula is C19H23NO. The van der Waals surface area contributed by atoms with Crippen LogP contribution in [0.5, 0.6) is 5.75 Å². The van der Waals surface area contributed by atoms with E-state index in [0.717, 1.165) is 30.0 Å². The molecule has 21 heavy (non-hydrogen) atoms. The molecule has 110 valence electrons. The molecule has 1 aromatic heterocycles. The molecule has 1 aliphatic carbocycles. The molecule has 2 nitrogen and oxygen atoms in total. The highest BCUT2D eigenvalue weighted by Gasteiger charge is 2.43. The average molecular weight is 281 g/mol. The first kappa shape index (κ1) is 14.1. The minimum absolute atomic E-state index is 0.0388. The summed E-state index contributed by atoms with van der Waals surface area (Å²) in [7, 11) is 0. The smallest absolute Gasteiger partial charge is 0.127 e. The molecule has 3 rings (SSSR count). The molecule has 0 aliphatic heterocycles. The molecule has 0 amide bonds. The Kier molecular flexibility index (Phi) is 3.48. The van der Waals surface area contributed by atoms with Crippen LogP contribution in [0.25, 0.3) is 11.3 Å². The van der Waals surface area contributed by atoms with Crippen LogP contribution in [0.4, 0.5) is 0 Å². The lowest BCUT2D eigenvalue weighted by Gasteiger charge is -2.30. The van der Waals surface area contributed by atoms with Gasteiger partial charge in [-0.15, -0.1) is 0 Å². The maximum Gasteiger partial charge on any atom is 0.127 e. The normalized spacial score (nSPS) is 14.7. The predicted molar refractivity (Wildman–Crippen MR) is 86.9 cm³/mol. The zero-order valence-corrected chi connectivity index (χ0v) is 13.4. The lowest BCUT2D eigenvalue weighted by molar-refractivity contribution is 0.326. The van der Waals surface area contributed by atoms with Gasteiger partial charge in [-0.2, -0.15) is 0 Å². The summed E-state index contributed by atoms with van der Waals surface area (Å²) in [6.07, 6.45) is 2.14. The molecule has 2 heteroatoms. The van der Waals surface area contributed by atoms with Crippen molar-refractivity contribution in [1.29, 1.82) is 0 Å². The van der Waals surface area contributed by atoms with Gasteiger partial charge in [0.1, 0.15) is 5.75 Å². The van der Waals surface area contributed by atoms with Gasteiger partial charge in [0.2, 0.25) is 0 Å². The second-order valence-electron chi connectivity index (χ2n) is 5.75. The Hall–Kier alpha value is -1.83. The Morgan fingerprint density at radius 1 is 1.10 bits per heavy atom. The molecule has 0 atom stereocenters. The zero-order chi connectivity index (χ0) is 15.0. The Morgan fingerprint density at radius 3 is 2.48 bits per heavy atom. The van der Waals surface area contributed by atoms with E-state index < -0.39 is 0 Å². The molecule has 1 aromatic carbocycles. The fourth-order valence-corrected chi connectivity index (χ4v) is 3.80. The van der Waals surface area contributed by atoms with Gasteiger partial charge in [-0.25, -0.2) is 0 Å². The number of benzene rings is 1. The monoisotopic (exact) mass is 281 g/mol. The van der Waals surface area contributed by atoms with E-state index in [0.29, 0.717) is 6.61 Å². The van der Waals surface area contributed by atoms with Crippen LogP contribution >= 0.6 is 0 Å². The van der Waals surface area contributed by atoms with Gasteiger partial charge in [0.25, 0.3) is 0 Å². The fourth-order valence-electron chi connectivity index (χ4n) is 3.80. The molecule has 0 saturated carbocycles. The highest BCUT2D eigenvalue weighted by molar-refractivity contribution is 5.80. The first-order valence-corrected chi connectivity index (χ1v) is 7.92. The molecule has 0 bridgehead atoms. The highest BCUT2D eigenvalue weighted by atomic mass is 16.5. The Labute approximate surface area is 127 Å². The average Bonchev–Trinajstić information content (AvgIpc) is 2.78. The highest BCUT2D eigenvalue weighted by Crippen LogP contribution is 2.55. The van der Waals surface area contributed by atoms with Crippen molar-refractivity contribution in [2.24, 2.45) is 0 Å². The summed E-state index contributed by atoms with van der Waals surface area (Å²) in [4.78, 5) is 4.85. The molecule has 0 fully saturated rings. The van der Waals surface area contributed by atoms with Crippen molar-refractivity contribution in [2.75, 3.05) is 6.61 Å². The second-order valence-corrected chi connectivity index (χ2v) is 5.75. The van der Waals surface area contributed by atoms with Gasteiger partial charge in [0.05, 0.1) is 12.3 Å². The zero-order valence-electron chi connectivity index (χ0n) is 13.4. The summed E-state index contributed by atoms with van der Waals surface area (Å²) >= 11 is 0. The van der Waals surface area contributed by atoms with Crippen molar-refractivity contribution in [1.82, 2.24) is 4.98 Å². The minimum Gasteiger partial charge on any atom is -0.493 e. The molecule has 0 spiro atoms. The van der Waals surface area contributed by atoms with Gasteiger partial charge in [-0.3, -0.25) is 4.98 Å². The summed E-state index contributed by atoms with van der Waals surface area (Å²) in [5, 5.41) is 0. The number of rotatable bonds is 4. The summed E-state index contributed by atoms with van der Waals surface area (Å²) in [5.41, 5.74) is 6.16. The maximum absolute atomic E-state index is 5.98. The van der Waals surface area contributed by atoms with E-state index in [-0.39, 0.29) is 5.41 Å². The Bertz CT molecular complexity index is 671. The number of pyridine rings is 1. The Morgan fingerprint density at radius 2 is 1.81 bits per heavy atom. The van der Waals surface area contributed by atoms with Crippen LogP contribution in [0.15, 0.2) is 30.3 Å². The number of fused-ring (bicyclic) bond motifs is 3. The second kappa shape index (κ2) is 5.18. The quantitative estimate of drug-likeness (QED) is 0.797. The summed E-state index contributed by atoms with van der Waals surface area (Å²) < 4.78 is 5.98. The molecule has 0 radical (unpaired) electrons. The third-order valence-electron chi connectivity index (χ3n) is 4.79. The first-order chi connectivity index (χ1) is 10.2. The fraction of sp³-hybridized carbons (Fsp3) is 0.421. The topological polar surface area (TPSA) is 22.1 Å². The SMILES string of the molecule is CCOc1cc(C)nc2c1C(CC)(CC)c1ccccc1-2. The summed E-state index contributed by atoms with van der Waals surface area (Å²) in [6.45, 7) is 9.32. The Balaban J connectivity index is 2.38. The van der Waals surface area contributed by atoms with E-state index in [4.69, 9.17) is 9.72 Å². The standard InChI is InChI=1S/C19H23NO/c1-5-19(6-2)15-11-9-8-10-14(15)18-17(19)16(21-7-3)12-13(4)20-18/h8-12H,5-7H2,1-4H3. The van der Waals surface area contributed by atoms with Crippen LogP contribution in [-0.2, 0) is 5.41 Å². The van der Waals surface area contributed by atoms with Crippen LogP contribution in [-0.4, -0.2) is 11.6 Å². The van der Waals surface area contributed by atoms with Gasteiger partial charge in [0, 0.05) is 28.3 Å². The number of hydrogen-bond acceptors (Lipinski definition) is 2. The lowest BCUT2D eigenvalue weighted by atomic mass is 9.74. The first-order valence-electron chi connectivity index (χ1n) is 7.92. The van der Waals surface area contributed by atoms with Crippen molar-refractivity contribution < 1.29 is 4.74 Å². The van der Waals surface area contributed by atoms with Crippen LogP contribution in [0.2, 0.25) is 0 Å². The largest absolute Gasteiger partial charge is 0.493 e. The van der Waals surface area contributed by atoms with E-state index in [1.54, 1.807) is 0 Å². The predicted octanol–water partition coefficient (Wildman–Crippen LogP) is 4.88. The van der Waals surface area contributed by atoms with Crippen molar-refractivity contribution in [3.05, 3.63) is 47.2 Å². The van der Waals surface area contributed by atoms with E-state index in [9.17, 15) is 0 Å².